The van der Waals surface area contributed by atoms with Gasteiger partial charge in [-0.25, -0.2) is 9.69 Å². The van der Waals surface area contributed by atoms with Crippen molar-refractivity contribution in [2.24, 2.45) is 0 Å². The molecule has 2 aromatic rings. The Morgan fingerprint density at radius 1 is 1.07 bits per heavy atom. The van der Waals surface area contributed by atoms with Gasteiger partial charge < -0.3 is 5.32 Å². The second-order valence-corrected chi connectivity index (χ2v) is 7.57. The summed E-state index contributed by atoms with van der Waals surface area (Å²) in [7, 11) is 0. The van der Waals surface area contributed by atoms with E-state index in [0.717, 1.165) is 10.5 Å². The van der Waals surface area contributed by atoms with E-state index in [4.69, 9.17) is 23.2 Å². The molecule has 0 unspecified atom stereocenters. The van der Waals surface area contributed by atoms with Crippen molar-refractivity contribution in [3.63, 3.8) is 0 Å². The summed E-state index contributed by atoms with van der Waals surface area (Å²) >= 11 is 11.9. The molecule has 1 saturated heterocycles. The molecule has 146 valence electrons. The van der Waals surface area contributed by atoms with Gasteiger partial charge in [0, 0.05) is 21.4 Å². The Kier molecular flexibility index (Phi) is 5.63. The van der Waals surface area contributed by atoms with Crippen LogP contribution in [0.2, 0.25) is 10.0 Å². The predicted octanol–water partition coefficient (Wildman–Crippen LogP) is 4.49. The van der Waals surface area contributed by atoms with Gasteiger partial charge in [0.1, 0.15) is 12.1 Å². The molecule has 8 heteroatoms. The van der Waals surface area contributed by atoms with Crippen LogP contribution < -0.4 is 10.2 Å². The molecule has 0 spiro atoms. The summed E-state index contributed by atoms with van der Waals surface area (Å²) in [5.41, 5.74) is 2.03. The molecule has 1 N–H and O–H groups in total. The van der Waals surface area contributed by atoms with Gasteiger partial charge in [-0.1, -0.05) is 40.9 Å². The summed E-state index contributed by atoms with van der Waals surface area (Å²) in [5.74, 6) is -0.949. The maximum absolute atomic E-state index is 12.9. The number of hydrogen-bond acceptors (Lipinski definition) is 3. The minimum atomic E-state index is -1.00. The molecule has 0 aliphatic carbocycles. The highest BCUT2D eigenvalue weighted by Gasteiger charge is 2.47. The van der Waals surface area contributed by atoms with Gasteiger partial charge in [0.15, 0.2) is 0 Å². The molecule has 1 aliphatic heterocycles. The summed E-state index contributed by atoms with van der Waals surface area (Å²) in [6.45, 7) is 5.08. The molecule has 2 aromatic carbocycles. The van der Waals surface area contributed by atoms with Crippen molar-refractivity contribution in [3.05, 3.63) is 58.1 Å². The Morgan fingerprint density at radius 3 is 2.21 bits per heavy atom. The standard InChI is InChI=1S/C20H19Cl2N3O3/c1-11-4-6-17(7-5-11)24-13(3)19(27)25(20(24)28)12(2)18(26)23-16-9-14(21)8-15(22)10-16/h4-10,12-13H,1-3H3,(H,23,26)/t12-,13+/m0/s1. The number of nitrogens with one attached hydrogen (secondary N) is 1. The van der Waals surface area contributed by atoms with E-state index >= 15 is 0 Å². The number of halogens is 2. The van der Waals surface area contributed by atoms with Crippen LogP contribution in [0, 0.1) is 6.92 Å². The molecule has 2 atom stereocenters. The van der Waals surface area contributed by atoms with Gasteiger partial charge in [-0.05, 0) is 51.1 Å². The van der Waals surface area contributed by atoms with Crippen LogP contribution in [0.15, 0.2) is 42.5 Å². The third-order valence-electron chi connectivity index (χ3n) is 4.60. The average molecular weight is 420 g/mol. The van der Waals surface area contributed by atoms with Crippen LogP contribution in [-0.2, 0) is 9.59 Å². The topological polar surface area (TPSA) is 69.7 Å². The van der Waals surface area contributed by atoms with Crippen LogP contribution in [0.3, 0.4) is 0 Å². The van der Waals surface area contributed by atoms with E-state index in [-0.39, 0.29) is 0 Å². The summed E-state index contributed by atoms with van der Waals surface area (Å²) in [5, 5.41) is 3.37. The van der Waals surface area contributed by atoms with Crippen molar-refractivity contribution >= 4 is 52.4 Å². The van der Waals surface area contributed by atoms with Crippen LogP contribution in [0.1, 0.15) is 19.4 Å². The fourth-order valence-electron chi connectivity index (χ4n) is 3.07. The number of carbonyl (C=O) groups is 3. The molecule has 3 rings (SSSR count). The normalized spacial score (nSPS) is 17.8. The van der Waals surface area contributed by atoms with E-state index < -0.39 is 29.9 Å². The second kappa shape index (κ2) is 7.81. The number of nitrogens with zero attached hydrogens (tertiary/aromatic N) is 2. The maximum atomic E-state index is 12.9. The van der Waals surface area contributed by atoms with E-state index in [0.29, 0.717) is 21.4 Å². The molecule has 4 amide bonds. The highest BCUT2D eigenvalue weighted by molar-refractivity contribution is 6.35. The zero-order valence-corrected chi connectivity index (χ0v) is 17.1. The predicted molar refractivity (Wildman–Crippen MR) is 110 cm³/mol. The van der Waals surface area contributed by atoms with Gasteiger partial charge in [-0.2, -0.15) is 0 Å². The first-order valence-electron chi connectivity index (χ1n) is 8.69. The molecule has 0 aromatic heterocycles. The van der Waals surface area contributed by atoms with Gasteiger partial charge in [0.2, 0.25) is 5.91 Å². The number of benzene rings is 2. The maximum Gasteiger partial charge on any atom is 0.332 e. The second-order valence-electron chi connectivity index (χ2n) is 6.70. The fraction of sp³-hybridized carbons (Fsp3) is 0.250. The third kappa shape index (κ3) is 3.84. The molecule has 6 nitrogen and oxygen atoms in total. The molecular weight excluding hydrogens is 401 g/mol. The minimum Gasteiger partial charge on any atom is -0.324 e. The summed E-state index contributed by atoms with van der Waals surface area (Å²) in [6.07, 6.45) is 0. The van der Waals surface area contributed by atoms with E-state index in [2.05, 4.69) is 5.32 Å². The van der Waals surface area contributed by atoms with E-state index in [1.807, 2.05) is 19.1 Å². The van der Waals surface area contributed by atoms with Crippen molar-refractivity contribution in [2.75, 3.05) is 10.2 Å². The lowest BCUT2D eigenvalue weighted by Crippen LogP contribution is -2.46. The molecule has 0 saturated carbocycles. The molecule has 1 aliphatic rings. The van der Waals surface area contributed by atoms with Crippen LogP contribution >= 0.6 is 23.2 Å². The Labute approximate surface area is 173 Å². The zero-order valence-electron chi connectivity index (χ0n) is 15.6. The zero-order chi connectivity index (χ0) is 20.6. The Morgan fingerprint density at radius 2 is 1.64 bits per heavy atom. The SMILES string of the molecule is Cc1ccc(N2C(=O)N([C@@H](C)C(=O)Nc3cc(Cl)cc(Cl)c3)C(=O)[C@H]2C)cc1. The van der Waals surface area contributed by atoms with Gasteiger partial charge >= 0.3 is 6.03 Å². The third-order valence-corrected chi connectivity index (χ3v) is 5.04. The summed E-state index contributed by atoms with van der Waals surface area (Å²) < 4.78 is 0. The fourth-order valence-corrected chi connectivity index (χ4v) is 3.60. The molecule has 28 heavy (non-hydrogen) atoms. The largest absolute Gasteiger partial charge is 0.332 e. The Hall–Kier alpha value is -2.57. The van der Waals surface area contributed by atoms with Crippen LogP contribution in [-0.4, -0.2) is 34.8 Å². The number of rotatable bonds is 4. The van der Waals surface area contributed by atoms with Crippen molar-refractivity contribution in [3.8, 4) is 0 Å². The Balaban J connectivity index is 1.81. The van der Waals surface area contributed by atoms with Gasteiger partial charge in [0.25, 0.3) is 5.91 Å². The minimum absolute atomic E-state index is 0.364. The lowest BCUT2D eigenvalue weighted by molar-refractivity contribution is -0.133. The monoisotopic (exact) mass is 419 g/mol. The number of carbonyl (C=O) groups excluding carboxylic acids is 3. The molecular formula is C20H19Cl2N3O3. The number of amides is 4. The lowest BCUT2D eigenvalue weighted by atomic mass is 10.2. The highest BCUT2D eigenvalue weighted by atomic mass is 35.5. The van der Waals surface area contributed by atoms with Crippen molar-refractivity contribution < 1.29 is 14.4 Å². The van der Waals surface area contributed by atoms with Gasteiger partial charge in [-0.3, -0.25) is 14.5 Å². The molecule has 1 heterocycles. The Bertz CT molecular complexity index is 926. The van der Waals surface area contributed by atoms with E-state index in [9.17, 15) is 14.4 Å². The molecule has 1 fully saturated rings. The van der Waals surface area contributed by atoms with Crippen molar-refractivity contribution in [2.45, 2.75) is 32.9 Å². The van der Waals surface area contributed by atoms with E-state index in [1.165, 1.54) is 30.0 Å². The quantitative estimate of drug-likeness (QED) is 0.742. The van der Waals surface area contributed by atoms with Crippen LogP contribution in [0.4, 0.5) is 16.2 Å². The summed E-state index contributed by atoms with van der Waals surface area (Å²) in [6, 6.07) is 9.65. The lowest BCUT2D eigenvalue weighted by Gasteiger charge is -2.23. The smallest absolute Gasteiger partial charge is 0.324 e. The number of imide groups is 1. The van der Waals surface area contributed by atoms with Crippen LogP contribution in [0.5, 0.6) is 0 Å². The first kappa shape index (κ1) is 20.2. The molecule has 0 radical (unpaired) electrons. The first-order valence-corrected chi connectivity index (χ1v) is 9.44. The van der Waals surface area contributed by atoms with Crippen LogP contribution in [0.25, 0.3) is 0 Å². The average Bonchev–Trinajstić information content (AvgIpc) is 2.83. The van der Waals surface area contributed by atoms with Gasteiger partial charge in [-0.15, -0.1) is 0 Å². The number of hydrogen-bond donors (Lipinski definition) is 1. The molecule has 0 bridgehead atoms. The highest BCUT2D eigenvalue weighted by Crippen LogP contribution is 2.28. The first-order chi connectivity index (χ1) is 13.2. The number of anilines is 2. The van der Waals surface area contributed by atoms with Crippen molar-refractivity contribution in [1.82, 2.24) is 4.90 Å². The number of urea groups is 1. The summed E-state index contributed by atoms with van der Waals surface area (Å²) in [4.78, 5) is 40.7. The van der Waals surface area contributed by atoms with Crippen molar-refractivity contribution in [1.29, 1.82) is 0 Å². The van der Waals surface area contributed by atoms with Gasteiger partial charge in [0.05, 0.1) is 0 Å². The number of aryl methyl sites for hydroxylation is 1. The van der Waals surface area contributed by atoms with E-state index in [1.54, 1.807) is 19.1 Å².